The Morgan fingerprint density at radius 1 is 1.07 bits per heavy atom. The average Bonchev–Trinajstić information content (AvgIpc) is 2.76. The number of hydrogen-bond donors (Lipinski definition) is 0. The maximum absolute atomic E-state index is 12.6. The maximum Gasteiger partial charge on any atom is 0.327 e. The van der Waals surface area contributed by atoms with E-state index >= 15 is 0 Å². The number of esters is 1. The summed E-state index contributed by atoms with van der Waals surface area (Å²) >= 11 is 5.95. The number of methoxy groups -OCH3 is 1. The van der Waals surface area contributed by atoms with Gasteiger partial charge in [-0.25, -0.2) is 4.79 Å². The predicted octanol–water partition coefficient (Wildman–Crippen LogP) is 2.85. The Kier molecular flexibility index (Phi) is 7.02. The molecule has 3 rings (SSSR count). The molecule has 30 heavy (non-hydrogen) atoms. The van der Waals surface area contributed by atoms with Crippen molar-refractivity contribution in [2.24, 2.45) is 0 Å². The van der Waals surface area contributed by atoms with E-state index in [-0.39, 0.29) is 24.0 Å². The quantitative estimate of drug-likeness (QED) is 0.396. The van der Waals surface area contributed by atoms with E-state index in [1.165, 1.54) is 19.2 Å². The summed E-state index contributed by atoms with van der Waals surface area (Å²) in [4.78, 5) is 39.0. The van der Waals surface area contributed by atoms with Gasteiger partial charge in [0, 0.05) is 43.3 Å². The predicted molar refractivity (Wildman–Crippen MR) is 111 cm³/mol. The lowest BCUT2D eigenvalue weighted by Gasteiger charge is -2.38. The number of benzene rings is 2. The van der Waals surface area contributed by atoms with Crippen molar-refractivity contribution in [1.82, 2.24) is 9.80 Å². The van der Waals surface area contributed by atoms with Crippen molar-refractivity contribution in [3.8, 4) is 0 Å². The Hall–Kier alpha value is -2.97. The molecule has 8 nitrogen and oxygen atoms in total. The molecule has 9 heteroatoms. The van der Waals surface area contributed by atoms with Gasteiger partial charge in [-0.1, -0.05) is 35.9 Å². The molecule has 1 saturated heterocycles. The van der Waals surface area contributed by atoms with Crippen LogP contribution in [-0.2, 0) is 20.7 Å². The number of nitro groups is 1. The number of hydrogen-bond acceptors (Lipinski definition) is 6. The van der Waals surface area contributed by atoms with Gasteiger partial charge < -0.3 is 9.64 Å². The summed E-state index contributed by atoms with van der Waals surface area (Å²) in [6.07, 6.45) is 0.176. The van der Waals surface area contributed by atoms with Crippen LogP contribution in [0.4, 0.5) is 5.69 Å². The zero-order valence-electron chi connectivity index (χ0n) is 16.5. The molecule has 2 aromatic rings. The lowest BCUT2D eigenvalue weighted by Crippen LogP contribution is -2.51. The number of halogens is 1. The number of nitro benzene ring substituents is 1. The third-order valence-corrected chi connectivity index (χ3v) is 5.40. The van der Waals surface area contributed by atoms with Gasteiger partial charge in [-0.15, -0.1) is 0 Å². The van der Waals surface area contributed by atoms with Crippen molar-refractivity contribution in [3.05, 3.63) is 74.8 Å². The summed E-state index contributed by atoms with van der Waals surface area (Å²) in [5, 5.41) is 11.3. The van der Waals surface area contributed by atoms with Gasteiger partial charge in [-0.2, -0.15) is 0 Å². The first-order valence-corrected chi connectivity index (χ1v) is 9.85. The molecule has 0 radical (unpaired) electrons. The van der Waals surface area contributed by atoms with E-state index in [1.807, 2.05) is 4.90 Å². The molecule has 1 atom stereocenters. The highest BCUT2D eigenvalue weighted by molar-refractivity contribution is 6.30. The number of ether oxygens (including phenoxy) is 1. The molecule has 0 bridgehead atoms. The van der Waals surface area contributed by atoms with E-state index in [0.29, 0.717) is 31.2 Å². The van der Waals surface area contributed by atoms with Gasteiger partial charge >= 0.3 is 5.97 Å². The normalized spacial score (nSPS) is 15.5. The van der Waals surface area contributed by atoms with Crippen LogP contribution < -0.4 is 0 Å². The van der Waals surface area contributed by atoms with Crippen LogP contribution in [0.5, 0.6) is 0 Å². The Labute approximate surface area is 179 Å². The Morgan fingerprint density at radius 3 is 2.20 bits per heavy atom. The number of carbonyl (C=O) groups is 2. The molecule has 0 saturated carbocycles. The molecule has 158 valence electrons. The van der Waals surface area contributed by atoms with Crippen LogP contribution in [0.3, 0.4) is 0 Å². The molecular weight excluding hydrogens is 410 g/mol. The minimum atomic E-state index is -0.556. The smallest absolute Gasteiger partial charge is 0.327 e. The molecular formula is C21H22ClN3O5. The van der Waals surface area contributed by atoms with Crippen molar-refractivity contribution < 1.29 is 19.2 Å². The maximum atomic E-state index is 12.6. The number of carbonyl (C=O) groups excluding carboxylic acids is 2. The molecule has 1 aliphatic heterocycles. The van der Waals surface area contributed by atoms with Crippen molar-refractivity contribution in [2.75, 3.05) is 33.3 Å². The first-order valence-electron chi connectivity index (χ1n) is 9.47. The Morgan fingerprint density at radius 2 is 1.67 bits per heavy atom. The third-order valence-electron chi connectivity index (χ3n) is 5.14. The van der Waals surface area contributed by atoms with Gasteiger partial charge in [-0.05, 0) is 23.3 Å². The molecule has 1 aliphatic rings. The highest BCUT2D eigenvalue weighted by atomic mass is 35.5. The van der Waals surface area contributed by atoms with E-state index in [1.54, 1.807) is 41.3 Å². The number of rotatable bonds is 6. The molecule has 1 fully saturated rings. The Balaban J connectivity index is 1.62. The highest BCUT2D eigenvalue weighted by Gasteiger charge is 2.32. The molecule has 0 spiro atoms. The molecule has 1 heterocycles. The second kappa shape index (κ2) is 9.69. The van der Waals surface area contributed by atoms with Crippen LogP contribution in [0, 0.1) is 10.1 Å². The van der Waals surface area contributed by atoms with E-state index < -0.39 is 11.0 Å². The molecule has 0 aliphatic carbocycles. The third kappa shape index (κ3) is 5.14. The standard InChI is InChI=1S/C21H22ClN3O5/c1-30-21(27)20(16-4-6-17(22)7-5-16)24-12-10-23(11-13-24)19(26)14-15-2-8-18(9-3-15)25(28)29/h2-9,20H,10-14H2,1H3. The van der Waals surface area contributed by atoms with Gasteiger partial charge in [0.05, 0.1) is 18.5 Å². The van der Waals surface area contributed by atoms with E-state index in [9.17, 15) is 19.7 Å². The van der Waals surface area contributed by atoms with Gasteiger partial charge in [0.15, 0.2) is 0 Å². The summed E-state index contributed by atoms with van der Waals surface area (Å²) in [6, 6.07) is 12.5. The molecule has 2 aromatic carbocycles. The second-order valence-corrected chi connectivity index (χ2v) is 7.43. The van der Waals surface area contributed by atoms with Crippen molar-refractivity contribution in [1.29, 1.82) is 0 Å². The van der Waals surface area contributed by atoms with Gasteiger partial charge in [0.25, 0.3) is 5.69 Å². The topological polar surface area (TPSA) is 93.0 Å². The number of nitrogens with zero attached hydrogens (tertiary/aromatic N) is 3. The van der Waals surface area contributed by atoms with Crippen molar-refractivity contribution in [2.45, 2.75) is 12.5 Å². The zero-order chi connectivity index (χ0) is 21.7. The van der Waals surface area contributed by atoms with Crippen LogP contribution in [-0.4, -0.2) is 59.9 Å². The van der Waals surface area contributed by atoms with Crippen molar-refractivity contribution in [3.63, 3.8) is 0 Å². The first-order chi connectivity index (χ1) is 14.4. The molecule has 0 aromatic heterocycles. The van der Waals surface area contributed by atoms with Gasteiger partial charge in [0.2, 0.25) is 5.91 Å². The van der Waals surface area contributed by atoms with Crippen LogP contribution >= 0.6 is 11.6 Å². The minimum Gasteiger partial charge on any atom is -0.468 e. The van der Waals surface area contributed by atoms with E-state index in [4.69, 9.17) is 16.3 Å². The number of non-ortho nitro benzene ring substituents is 1. The van der Waals surface area contributed by atoms with Gasteiger partial charge in [0.1, 0.15) is 6.04 Å². The average molecular weight is 432 g/mol. The van der Waals surface area contributed by atoms with Crippen LogP contribution in [0.25, 0.3) is 0 Å². The second-order valence-electron chi connectivity index (χ2n) is 6.99. The fourth-order valence-corrected chi connectivity index (χ4v) is 3.63. The van der Waals surface area contributed by atoms with Crippen LogP contribution in [0.2, 0.25) is 5.02 Å². The van der Waals surface area contributed by atoms with Crippen molar-refractivity contribution >= 4 is 29.2 Å². The zero-order valence-corrected chi connectivity index (χ0v) is 17.2. The molecule has 0 N–H and O–H groups in total. The summed E-state index contributed by atoms with van der Waals surface area (Å²) < 4.78 is 4.99. The lowest BCUT2D eigenvalue weighted by molar-refractivity contribution is -0.384. The fraction of sp³-hybridized carbons (Fsp3) is 0.333. The fourth-order valence-electron chi connectivity index (χ4n) is 3.50. The molecule has 1 unspecified atom stereocenters. The number of piperazine rings is 1. The largest absolute Gasteiger partial charge is 0.468 e. The first kappa shape index (κ1) is 21.7. The van der Waals surface area contributed by atoms with E-state index in [2.05, 4.69) is 0 Å². The highest BCUT2D eigenvalue weighted by Crippen LogP contribution is 2.25. The monoisotopic (exact) mass is 431 g/mol. The summed E-state index contributed by atoms with van der Waals surface area (Å²) in [5.41, 5.74) is 1.51. The Bertz CT molecular complexity index is 909. The summed E-state index contributed by atoms with van der Waals surface area (Å²) in [6.45, 7) is 2.00. The lowest BCUT2D eigenvalue weighted by atomic mass is 10.0. The summed E-state index contributed by atoms with van der Waals surface area (Å²) in [7, 11) is 1.36. The van der Waals surface area contributed by atoms with Crippen LogP contribution in [0.1, 0.15) is 17.2 Å². The minimum absolute atomic E-state index is 0.00383. The SMILES string of the molecule is COC(=O)C(c1ccc(Cl)cc1)N1CCN(C(=O)Cc2ccc([N+](=O)[O-])cc2)CC1. The molecule has 1 amide bonds. The number of amides is 1. The summed E-state index contributed by atoms with van der Waals surface area (Å²) in [5.74, 6) is -0.410. The van der Waals surface area contributed by atoms with Gasteiger partial charge in [-0.3, -0.25) is 19.8 Å². The van der Waals surface area contributed by atoms with Crippen LogP contribution in [0.15, 0.2) is 48.5 Å². The van der Waals surface area contributed by atoms with E-state index in [0.717, 1.165) is 11.1 Å².